The van der Waals surface area contributed by atoms with Crippen LogP contribution in [0.25, 0.3) is 5.95 Å². The summed E-state index contributed by atoms with van der Waals surface area (Å²) in [6, 6.07) is 1.72. The SMILES string of the molecule is O=C(Nc1ncnn1-c1ncccn1)[C@]12C[C@H]1COC21CCC1. The van der Waals surface area contributed by atoms with E-state index in [0.717, 1.165) is 25.7 Å². The zero-order valence-corrected chi connectivity index (χ0v) is 12.5. The monoisotopic (exact) mass is 312 g/mol. The van der Waals surface area contributed by atoms with Crippen molar-refractivity contribution in [2.24, 2.45) is 11.3 Å². The lowest BCUT2D eigenvalue weighted by atomic mass is 9.68. The Morgan fingerprint density at radius 3 is 2.83 bits per heavy atom. The molecule has 3 fully saturated rings. The second-order valence-electron chi connectivity index (χ2n) is 6.53. The molecular formula is C15H16N6O2. The number of anilines is 1. The first kappa shape index (κ1) is 13.1. The molecule has 8 heteroatoms. The number of rotatable bonds is 3. The Hall–Kier alpha value is -2.35. The molecule has 118 valence electrons. The van der Waals surface area contributed by atoms with Crippen LogP contribution in [0.2, 0.25) is 0 Å². The molecule has 3 aliphatic rings. The van der Waals surface area contributed by atoms with Gasteiger partial charge in [0.2, 0.25) is 11.9 Å². The van der Waals surface area contributed by atoms with Crippen LogP contribution in [0.15, 0.2) is 24.8 Å². The van der Waals surface area contributed by atoms with E-state index in [-0.39, 0.29) is 16.9 Å². The van der Waals surface area contributed by atoms with Crippen molar-refractivity contribution in [2.75, 3.05) is 11.9 Å². The third kappa shape index (κ3) is 1.61. The zero-order valence-electron chi connectivity index (χ0n) is 12.5. The minimum absolute atomic E-state index is 0.00937. The van der Waals surface area contributed by atoms with Gasteiger partial charge in [-0.3, -0.25) is 10.1 Å². The maximum Gasteiger partial charge on any atom is 0.253 e. The van der Waals surface area contributed by atoms with Gasteiger partial charge in [0, 0.05) is 18.3 Å². The second-order valence-corrected chi connectivity index (χ2v) is 6.53. The highest BCUT2D eigenvalue weighted by atomic mass is 16.5. The van der Waals surface area contributed by atoms with Gasteiger partial charge < -0.3 is 4.74 Å². The molecule has 0 unspecified atom stereocenters. The summed E-state index contributed by atoms with van der Waals surface area (Å²) in [7, 11) is 0. The molecule has 0 bridgehead atoms. The Morgan fingerprint density at radius 2 is 2.13 bits per heavy atom. The number of amides is 1. The highest BCUT2D eigenvalue weighted by Gasteiger charge is 2.77. The lowest BCUT2D eigenvalue weighted by Gasteiger charge is -2.44. The first-order valence-corrected chi connectivity index (χ1v) is 7.88. The number of carbonyl (C=O) groups is 1. The number of hydrogen-bond donors (Lipinski definition) is 1. The third-order valence-corrected chi connectivity index (χ3v) is 5.56. The summed E-state index contributed by atoms with van der Waals surface area (Å²) < 4.78 is 7.41. The quantitative estimate of drug-likeness (QED) is 0.907. The third-order valence-electron chi connectivity index (χ3n) is 5.56. The Kier molecular flexibility index (Phi) is 2.48. The number of aromatic nitrogens is 5. The van der Waals surface area contributed by atoms with E-state index < -0.39 is 0 Å². The normalized spacial score (nSPS) is 29.8. The van der Waals surface area contributed by atoms with Crippen LogP contribution in [0.4, 0.5) is 5.95 Å². The molecule has 2 aromatic rings. The van der Waals surface area contributed by atoms with Crippen molar-refractivity contribution in [2.45, 2.75) is 31.3 Å². The fourth-order valence-corrected chi connectivity index (χ4v) is 4.14. The predicted octanol–water partition coefficient (Wildman–Crippen LogP) is 0.955. The van der Waals surface area contributed by atoms with Gasteiger partial charge in [-0.05, 0) is 31.7 Å². The molecule has 1 spiro atoms. The summed E-state index contributed by atoms with van der Waals surface area (Å²) in [6.45, 7) is 0.696. The summed E-state index contributed by atoms with van der Waals surface area (Å²) in [6.07, 6.45) is 8.64. The highest BCUT2D eigenvalue weighted by molar-refractivity contribution is 5.98. The van der Waals surface area contributed by atoms with E-state index in [1.54, 1.807) is 18.5 Å². The minimum atomic E-state index is -0.375. The molecule has 3 heterocycles. The van der Waals surface area contributed by atoms with E-state index >= 15 is 0 Å². The van der Waals surface area contributed by atoms with Gasteiger partial charge in [-0.1, -0.05) is 0 Å². The summed E-state index contributed by atoms with van der Waals surface area (Å²) in [4.78, 5) is 25.4. The molecule has 2 aliphatic carbocycles. The molecule has 23 heavy (non-hydrogen) atoms. The summed E-state index contributed by atoms with van der Waals surface area (Å²) >= 11 is 0. The lowest BCUT2D eigenvalue weighted by Crippen LogP contribution is -2.51. The van der Waals surface area contributed by atoms with Crippen molar-refractivity contribution in [3.8, 4) is 5.95 Å². The van der Waals surface area contributed by atoms with E-state index in [2.05, 4.69) is 25.4 Å². The molecule has 2 saturated carbocycles. The van der Waals surface area contributed by atoms with Gasteiger partial charge in [0.25, 0.3) is 5.95 Å². The minimum Gasteiger partial charge on any atom is -0.374 e. The summed E-state index contributed by atoms with van der Waals surface area (Å²) in [5.74, 6) is 1.06. The van der Waals surface area contributed by atoms with Crippen LogP contribution in [0, 0.1) is 11.3 Å². The molecule has 2 atom stereocenters. The Labute approximate surface area is 132 Å². The molecule has 1 saturated heterocycles. The first-order valence-electron chi connectivity index (χ1n) is 7.88. The number of ether oxygens (including phenoxy) is 1. The molecular weight excluding hydrogens is 296 g/mol. The van der Waals surface area contributed by atoms with Gasteiger partial charge >= 0.3 is 0 Å². The van der Waals surface area contributed by atoms with Crippen LogP contribution in [-0.4, -0.2) is 42.8 Å². The largest absolute Gasteiger partial charge is 0.374 e. The number of nitrogens with zero attached hydrogens (tertiary/aromatic N) is 5. The van der Waals surface area contributed by atoms with Crippen molar-refractivity contribution in [3.63, 3.8) is 0 Å². The number of carbonyl (C=O) groups excluding carboxylic acids is 1. The maximum atomic E-state index is 13.0. The van der Waals surface area contributed by atoms with E-state index in [4.69, 9.17) is 4.74 Å². The van der Waals surface area contributed by atoms with Gasteiger partial charge in [-0.25, -0.2) is 9.97 Å². The zero-order chi connectivity index (χ0) is 15.5. The smallest absolute Gasteiger partial charge is 0.253 e. The van der Waals surface area contributed by atoms with E-state index in [0.29, 0.717) is 24.4 Å². The standard InChI is InChI=1S/C15H16N6O2/c22-11(15-7-10(15)8-23-14(15)3-1-4-14)20-13-18-9-19-21(13)12-16-5-2-6-17-12/h2,5-6,9-10H,1,3-4,7-8H2,(H,18,19,20,22)/t10-,15-/m0/s1. The first-order chi connectivity index (χ1) is 11.3. The van der Waals surface area contributed by atoms with Gasteiger partial charge in [-0.15, -0.1) is 0 Å². The Morgan fingerprint density at radius 1 is 1.30 bits per heavy atom. The van der Waals surface area contributed by atoms with Gasteiger partial charge in [-0.2, -0.15) is 14.8 Å². The van der Waals surface area contributed by atoms with Crippen molar-refractivity contribution >= 4 is 11.9 Å². The summed E-state index contributed by atoms with van der Waals surface area (Å²) in [5.41, 5.74) is -0.616. The van der Waals surface area contributed by atoms with Crippen molar-refractivity contribution in [1.82, 2.24) is 24.7 Å². The van der Waals surface area contributed by atoms with Gasteiger partial charge in [0.15, 0.2) is 0 Å². The molecule has 8 nitrogen and oxygen atoms in total. The van der Waals surface area contributed by atoms with Crippen LogP contribution >= 0.6 is 0 Å². The number of fused-ring (bicyclic) bond motifs is 2. The fourth-order valence-electron chi connectivity index (χ4n) is 4.14. The van der Waals surface area contributed by atoms with E-state index in [1.807, 2.05) is 0 Å². The molecule has 1 aliphatic heterocycles. The van der Waals surface area contributed by atoms with Crippen molar-refractivity contribution in [1.29, 1.82) is 0 Å². The predicted molar refractivity (Wildman–Crippen MR) is 78.7 cm³/mol. The average molecular weight is 312 g/mol. The van der Waals surface area contributed by atoms with Crippen LogP contribution in [-0.2, 0) is 9.53 Å². The van der Waals surface area contributed by atoms with Crippen LogP contribution in [0.3, 0.4) is 0 Å². The number of hydrogen-bond acceptors (Lipinski definition) is 6. The molecule has 2 aromatic heterocycles. The summed E-state index contributed by atoms with van der Waals surface area (Å²) in [5, 5.41) is 7.03. The topological polar surface area (TPSA) is 94.8 Å². The molecule has 5 rings (SSSR count). The van der Waals surface area contributed by atoms with Crippen LogP contribution < -0.4 is 5.32 Å². The molecule has 0 aromatic carbocycles. The Bertz CT molecular complexity index is 771. The lowest BCUT2D eigenvalue weighted by molar-refractivity contribution is -0.144. The number of nitrogens with one attached hydrogen (secondary N) is 1. The average Bonchev–Trinajstić information content (AvgIpc) is 2.94. The van der Waals surface area contributed by atoms with Gasteiger partial charge in [0.1, 0.15) is 6.33 Å². The van der Waals surface area contributed by atoms with Gasteiger partial charge in [0.05, 0.1) is 17.6 Å². The molecule has 0 radical (unpaired) electrons. The fraction of sp³-hybridized carbons (Fsp3) is 0.533. The second kappa shape index (κ2) is 4.35. The van der Waals surface area contributed by atoms with Crippen molar-refractivity contribution in [3.05, 3.63) is 24.8 Å². The van der Waals surface area contributed by atoms with E-state index in [1.165, 1.54) is 11.0 Å². The highest BCUT2D eigenvalue weighted by Crippen LogP contribution is 2.71. The van der Waals surface area contributed by atoms with Crippen LogP contribution in [0.5, 0.6) is 0 Å². The van der Waals surface area contributed by atoms with E-state index in [9.17, 15) is 4.79 Å². The molecule has 1 amide bonds. The van der Waals surface area contributed by atoms with Crippen molar-refractivity contribution < 1.29 is 9.53 Å². The molecule has 1 N–H and O–H groups in total. The maximum absolute atomic E-state index is 13.0. The Balaban J connectivity index is 1.43. The van der Waals surface area contributed by atoms with Crippen LogP contribution in [0.1, 0.15) is 25.7 Å².